The van der Waals surface area contributed by atoms with Crippen molar-refractivity contribution < 1.29 is 74.5 Å². The van der Waals surface area contributed by atoms with Crippen molar-refractivity contribution in [1.82, 2.24) is 45.6 Å². The second-order valence-electron chi connectivity index (χ2n) is 32.0. The molecule has 2 aliphatic rings. The van der Waals surface area contributed by atoms with Crippen LogP contribution in [0.15, 0.2) is 123 Å². The van der Waals surface area contributed by atoms with Crippen LogP contribution in [0.5, 0.6) is 11.5 Å². The van der Waals surface area contributed by atoms with Gasteiger partial charge in [0.2, 0.25) is 41.5 Å². The summed E-state index contributed by atoms with van der Waals surface area (Å²) < 4.78 is 87.4. The molecule has 6 atom stereocenters. The number of nitrogens with two attached hydrogens (primary N) is 3. The van der Waals surface area contributed by atoms with E-state index in [2.05, 4.69) is 46.0 Å². The van der Waals surface area contributed by atoms with Crippen LogP contribution in [0.4, 0.5) is 0 Å². The number of carboxylic acid groups (broad SMARTS) is 1. The first-order valence-electron chi connectivity index (χ1n) is 39.3. The molecule has 5 aromatic carbocycles. The van der Waals surface area contributed by atoms with E-state index in [1.165, 1.54) is 11.8 Å². The second kappa shape index (κ2) is 39.9. The van der Waals surface area contributed by atoms with Crippen molar-refractivity contribution in [2.45, 2.75) is 242 Å². The van der Waals surface area contributed by atoms with Crippen LogP contribution >= 0.6 is 11.8 Å². The number of carboxylic acids is 1. The number of aliphatic imine (C=N–C) groups is 2. The number of hydrogen-bond donors (Lipinski definition) is 11. The molecule has 0 bridgehead atoms. The minimum absolute atomic E-state index is 0.00125. The molecule has 0 saturated carbocycles. The molecule has 0 unspecified atom stereocenters. The molecule has 0 saturated heterocycles. The van der Waals surface area contributed by atoms with Crippen LogP contribution in [-0.2, 0) is 87.9 Å². The summed E-state index contributed by atoms with van der Waals surface area (Å²) in [5.74, 6) is -6.34. The zero-order valence-electron chi connectivity index (χ0n) is 69.6. The highest BCUT2D eigenvalue weighted by Crippen LogP contribution is 2.46. The van der Waals surface area contributed by atoms with Gasteiger partial charge in [0.1, 0.15) is 52.4 Å². The summed E-state index contributed by atoms with van der Waals surface area (Å²) in [5.41, 5.74) is 24.3. The van der Waals surface area contributed by atoms with Gasteiger partial charge in [0.05, 0.1) is 46.7 Å². The number of imidazole rings is 1. The summed E-state index contributed by atoms with van der Waals surface area (Å²) in [6, 6.07) is 20.3. The van der Waals surface area contributed by atoms with Gasteiger partial charge in [0.25, 0.3) is 20.0 Å². The molecule has 30 nitrogen and oxygen atoms in total. The van der Waals surface area contributed by atoms with Crippen molar-refractivity contribution in [1.29, 1.82) is 0 Å². The van der Waals surface area contributed by atoms with E-state index in [-0.39, 0.29) is 73.8 Å². The maximum Gasteiger partial charge on any atom is 0.328 e. The third kappa shape index (κ3) is 23.9. The number of ether oxygens (including phenoxy) is 4. The molecule has 0 aliphatic carbocycles. The lowest BCUT2D eigenvalue weighted by molar-refractivity contribution is -0.146. The summed E-state index contributed by atoms with van der Waals surface area (Å²) in [4.78, 5) is 114. The molecule has 1 aromatic heterocycles. The molecule has 636 valence electrons. The van der Waals surface area contributed by atoms with Crippen LogP contribution in [0.2, 0.25) is 0 Å². The smallest absolute Gasteiger partial charge is 0.328 e. The van der Waals surface area contributed by atoms with Gasteiger partial charge in [-0.05, 0) is 197 Å². The third-order valence-electron chi connectivity index (χ3n) is 20.7. The van der Waals surface area contributed by atoms with Crippen molar-refractivity contribution in [3.05, 3.63) is 170 Å². The van der Waals surface area contributed by atoms with Crippen LogP contribution in [-0.4, -0.2) is 176 Å². The number of amides is 5. The first kappa shape index (κ1) is 92.4. The third-order valence-corrected chi connectivity index (χ3v) is 24.6. The van der Waals surface area contributed by atoms with Crippen LogP contribution in [0.25, 0.3) is 0 Å². The zero-order chi connectivity index (χ0) is 86.1. The SMILES string of the molecule is CCCCOC(=O)CC[C@H](NC(=O)[C@H](CCCN=C(N)NS(=O)(=O)c1c(C)c(C)c2c(c1C)CC(C)(C)O2)NC(=O)[C@@H](N)Cc1cn(C(c2ccccc2)(c2ccccc2)c2ccccc2)cn1)C(=O)N[C@@H](CCCN=C(N)NS(=O)(=O)c1c(C)c(C)c2c(c1C)CC(C)(C)O2)C(=O)N[C@@H](CCSC)C(=O)N[C@@H](COC(C)(C)C)C(=O)O. The van der Waals surface area contributed by atoms with Gasteiger partial charge in [-0.3, -0.25) is 38.8 Å². The number of sulfonamides is 2. The maximum atomic E-state index is 15.3. The Labute approximate surface area is 691 Å². The number of fused-ring (bicyclic) bond motifs is 2. The molecule has 14 N–H and O–H groups in total. The Morgan fingerprint density at radius 2 is 0.991 bits per heavy atom. The average Bonchev–Trinajstić information content (AvgIpc) is 1.00. The Kier molecular flexibility index (Phi) is 31.5. The highest BCUT2D eigenvalue weighted by molar-refractivity contribution is 7.98. The van der Waals surface area contributed by atoms with Gasteiger partial charge in [-0.25, -0.2) is 36.1 Å². The Balaban J connectivity index is 1.11. The number of esters is 1. The van der Waals surface area contributed by atoms with E-state index in [4.69, 9.17) is 41.1 Å². The molecule has 0 spiro atoms. The molecule has 0 fully saturated rings. The predicted octanol–water partition coefficient (Wildman–Crippen LogP) is 7.22. The van der Waals surface area contributed by atoms with E-state index in [0.29, 0.717) is 76.3 Å². The number of guanidine groups is 2. The molecule has 6 aromatic rings. The highest BCUT2D eigenvalue weighted by Gasteiger charge is 2.42. The number of aliphatic carboxylic acids is 1. The minimum Gasteiger partial charge on any atom is -0.487 e. The lowest BCUT2D eigenvalue weighted by Gasteiger charge is -2.37. The molecule has 33 heteroatoms. The van der Waals surface area contributed by atoms with Crippen molar-refractivity contribution in [2.24, 2.45) is 27.2 Å². The van der Waals surface area contributed by atoms with E-state index in [9.17, 15) is 45.9 Å². The molecule has 5 amide bonds. The Morgan fingerprint density at radius 1 is 0.590 bits per heavy atom. The monoisotopic (exact) mass is 1670 g/mol. The first-order valence-corrected chi connectivity index (χ1v) is 43.7. The van der Waals surface area contributed by atoms with E-state index >= 15 is 9.59 Å². The van der Waals surface area contributed by atoms with Crippen LogP contribution < -0.4 is 62.7 Å². The molecule has 8 rings (SSSR count). The first-order chi connectivity index (χ1) is 55.0. The highest BCUT2D eigenvalue weighted by atomic mass is 32.2. The van der Waals surface area contributed by atoms with E-state index in [1.54, 1.807) is 81.1 Å². The number of thioether (sulfide) groups is 1. The number of rotatable bonds is 40. The van der Waals surface area contributed by atoms with Gasteiger partial charge in [0, 0.05) is 56.1 Å². The summed E-state index contributed by atoms with van der Waals surface area (Å²) in [5, 5.41) is 23.5. The molecular weight excluding hydrogens is 1560 g/mol. The fourth-order valence-corrected chi connectivity index (χ4v) is 18.1. The van der Waals surface area contributed by atoms with Gasteiger partial charge in [0.15, 0.2) is 6.04 Å². The fourth-order valence-electron chi connectivity index (χ4n) is 14.5. The lowest BCUT2D eigenvalue weighted by atomic mass is 9.77. The molecule has 2 aliphatic heterocycles. The lowest BCUT2D eigenvalue weighted by Crippen LogP contribution is -2.59. The number of hydrogen-bond acceptors (Lipinski definition) is 20. The van der Waals surface area contributed by atoms with Crippen molar-refractivity contribution in [3.63, 3.8) is 0 Å². The normalized spacial score (nSPS) is 15.5. The molecule has 0 radical (unpaired) electrons. The van der Waals surface area contributed by atoms with E-state index in [1.807, 2.05) is 130 Å². The Bertz CT molecular complexity index is 4760. The largest absolute Gasteiger partial charge is 0.487 e. The van der Waals surface area contributed by atoms with Gasteiger partial charge >= 0.3 is 11.9 Å². The van der Waals surface area contributed by atoms with Crippen LogP contribution in [0.3, 0.4) is 0 Å². The van der Waals surface area contributed by atoms with Crippen LogP contribution in [0.1, 0.15) is 180 Å². The topological polar surface area (TPSA) is 450 Å². The van der Waals surface area contributed by atoms with Gasteiger partial charge < -0.3 is 72.4 Å². The molecule has 3 heterocycles. The number of aromatic nitrogens is 2. The van der Waals surface area contributed by atoms with Gasteiger partial charge in [-0.15, -0.1) is 0 Å². The number of benzene rings is 5. The Hall–Kier alpha value is -10.1. The van der Waals surface area contributed by atoms with Gasteiger partial charge in [-0.2, -0.15) is 11.8 Å². The van der Waals surface area contributed by atoms with Crippen LogP contribution in [0, 0.1) is 41.5 Å². The fraction of sp³-hybridized carbons (Fsp3) is 0.500. The van der Waals surface area contributed by atoms with E-state index in [0.717, 1.165) is 27.8 Å². The van der Waals surface area contributed by atoms with Crippen molar-refractivity contribution in [3.8, 4) is 11.5 Å². The summed E-state index contributed by atoms with van der Waals surface area (Å²) in [7, 11) is -8.73. The molecule has 117 heavy (non-hydrogen) atoms. The van der Waals surface area contributed by atoms with E-state index < -0.39 is 151 Å². The number of unbranched alkanes of at least 4 members (excludes halogenated alkanes) is 1. The zero-order valence-corrected chi connectivity index (χ0v) is 72.1. The number of carbonyl (C=O) groups excluding carboxylic acids is 6. The number of nitrogens with zero attached hydrogens (tertiary/aromatic N) is 4. The predicted molar refractivity (Wildman–Crippen MR) is 450 cm³/mol. The Morgan fingerprint density at radius 3 is 1.39 bits per heavy atom. The van der Waals surface area contributed by atoms with Crippen molar-refractivity contribution in [2.75, 3.05) is 38.3 Å². The average molecular weight is 1670 g/mol. The standard InChI is InChI=1S/C84H116N14O16S3/c1-16-17-42-111-68(99)38-37-65(76(103)92-64(75(102)94-66(39-43-115-15)77(104)95-67(78(105)106)48-112-81(8,9)10)36-28-41-89-80(87)97-117(109,110)72-53(5)51(3)70-61(55(72)7)46-83(13,14)114-70)93-74(101)63(35-27-40-88-79(86)96-116(107,108)71-52(4)50(2)69-60(54(71)6)45-82(11,12)113-69)91-73(100)62(85)44-59-47-98(49-90-59)84(56-29-21-18-22-30-56,57-31-23-19-24-32-57)58-33-25-20-26-34-58/h18-26,29-34,47,49,62-67H,16-17,27-28,35-46,48,85H2,1-15H3,(H,91,100)(H,92,103)(H,93,101)(H,94,102)(H,95,104)(H,105,106)(H3,86,88,96)(H3,87,89,97)/t62-,63-,64-,65-,66-,67-/m0/s1. The van der Waals surface area contributed by atoms with Crippen molar-refractivity contribution >= 4 is 85.2 Å². The van der Waals surface area contributed by atoms with Gasteiger partial charge in [-0.1, -0.05) is 104 Å². The maximum absolute atomic E-state index is 15.3. The number of nitrogens with one attached hydrogen (secondary N) is 7. The number of carbonyl (C=O) groups is 7. The summed E-state index contributed by atoms with van der Waals surface area (Å²) in [6.07, 6.45) is 5.48. The quantitative estimate of drug-likeness (QED) is 0.00594. The second-order valence-corrected chi connectivity index (χ2v) is 36.2. The minimum atomic E-state index is -4.37. The molecular formula is C84H116N14O16S3. The summed E-state index contributed by atoms with van der Waals surface area (Å²) >= 11 is 1.33. The summed E-state index contributed by atoms with van der Waals surface area (Å²) in [6.45, 7) is 24.1.